The second-order valence-electron chi connectivity index (χ2n) is 7.62. The van der Waals surface area contributed by atoms with Gasteiger partial charge in [0.05, 0.1) is 11.5 Å². The molecule has 2 aliphatic rings. The van der Waals surface area contributed by atoms with Crippen LogP contribution in [0, 0.1) is 5.92 Å². The van der Waals surface area contributed by atoms with Gasteiger partial charge in [0.1, 0.15) is 11.1 Å². The lowest BCUT2D eigenvalue weighted by Gasteiger charge is -2.16. The van der Waals surface area contributed by atoms with Crippen LogP contribution in [0.3, 0.4) is 0 Å². The monoisotopic (exact) mass is 420 g/mol. The summed E-state index contributed by atoms with van der Waals surface area (Å²) in [6.07, 6.45) is 3.34. The average Bonchev–Trinajstić information content (AvgIpc) is 3.33. The highest BCUT2D eigenvalue weighted by molar-refractivity contribution is 8.00. The third-order valence-corrected chi connectivity index (χ3v) is 8.34. The zero-order valence-corrected chi connectivity index (χ0v) is 17.4. The highest BCUT2D eigenvalue weighted by Crippen LogP contribution is 2.36. The number of carbonyl (C=O) groups is 1. The molecule has 1 aromatic carbocycles. The first-order chi connectivity index (χ1) is 13.4. The molecule has 1 saturated heterocycles. The van der Waals surface area contributed by atoms with E-state index in [1.54, 1.807) is 0 Å². The van der Waals surface area contributed by atoms with Crippen LogP contribution in [0.1, 0.15) is 35.9 Å². The molecule has 150 valence electrons. The van der Waals surface area contributed by atoms with Gasteiger partial charge in [0.25, 0.3) is 0 Å². The summed E-state index contributed by atoms with van der Waals surface area (Å²) in [5.74, 6) is 1.32. The molecule has 1 saturated carbocycles. The maximum atomic E-state index is 12.8. The van der Waals surface area contributed by atoms with Gasteiger partial charge in [-0.05, 0) is 30.7 Å². The normalized spacial score (nSPS) is 22.1. The Balaban J connectivity index is 1.50. The molecule has 1 aromatic heterocycles. The molecule has 2 aromatic rings. The molecular formula is C19H24N4O3S2. The first-order valence-electron chi connectivity index (χ1n) is 9.52. The molecule has 1 amide bonds. The summed E-state index contributed by atoms with van der Waals surface area (Å²) in [7, 11) is -1.03. The molecule has 1 aliphatic carbocycles. The maximum absolute atomic E-state index is 12.8. The lowest BCUT2D eigenvalue weighted by Crippen LogP contribution is -2.29. The van der Waals surface area contributed by atoms with Crippen LogP contribution < -0.4 is 5.32 Å². The minimum absolute atomic E-state index is 0.00913. The smallest absolute Gasteiger partial charge is 0.238 e. The molecule has 1 aliphatic heterocycles. The van der Waals surface area contributed by atoms with E-state index in [4.69, 9.17) is 0 Å². The van der Waals surface area contributed by atoms with Gasteiger partial charge in [0.15, 0.2) is 15.0 Å². The van der Waals surface area contributed by atoms with Crippen LogP contribution in [0.4, 0.5) is 0 Å². The van der Waals surface area contributed by atoms with Crippen molar-refractivity contribution >= 4 is 27.5 Å². The van der Waals surface area contributed by atoms with Gasteiger partial charge in [0, 0.05) is 19.5 Å². The number of rotatable bonds is 7. The van der Waals surface area contributed by atoms with Crippen molar-refractivity contribution in [2.75, 3.05) is 11.5 Å². The van der Waals surface area contributed by atoms with E-state index in [2.05, 4.69) is 15.5 Å². The SMILES string of the molecule is Cn1c(C[C@H]2CCS(=O)(=O)C2)nnc1S[C@H](C(=O)NC1CC1)c1ccccc1. The summed E-state index contributed by atoms with van der Waals surface area (Å²) >= 11 is 1.38. The van der Waals surface area contributed by atoms with Gasteiger partial charge in [-0.3, -0.25) is 4.79 Å². The van der Waals surface area contributed by atoms with Gasteiger partial charge in [-0.1, -0.05) is 42.1 Å². The molecule has 4 rings (SSSR count). The Labute approximate surface area is 169 Å². The van der Waals surface area contributed by atoms with Crippen LogP contribution in [-0.2, 0) is 28.1 Å². The molecule has 2 atom stereocenters. The molecular weight excluding hydrogens is 396 g/mol. The number of carbonyl (C=O) groups excluding carboxylic acids is 1. The maximum Gasteiger partial charge on any atom is 0.238 e. The average molecular weight is 421 g/mol. The summed E-state index contributed by atoms with van der Waals surface area (Å²) in [6.45, 7) is 0. The quantitative estimate of drug-likeness (QED) is 0.688. The summed E-state index contributed by atoms with van der Waals surface area (Å²) in [4.78, 5) is 12.8. The second-order valence-corrected chi connectivity index (χ2v) is 10.9. The number of hydrogen-bond donors (Lipinski definition) is 1. The molecule has 0 unspecified atom stereocenters. The van der Waals surface area contributed by atoms with E-state index in [1.165, 1.54) is 11.8 Å². The van der Waals surface area contributed by atoms with Crippen molar-refractivity contribution in [3.05, 3.63) is 41.7 Å². The molecule has 2 heterocycles. The molecule has 7 nitrogen and oxygen atoms in total. The molecule has 2 fully saturated rings. The predicted molar refractivity (Wildman–Crippen MR) is 108 cm³/mol. The van der Waals surface area contributed by atoms with Crippen LogP contribution >= 0.6 is 11.8 Å². The molecule has 0 spiro atoms. The third-order valence-electron chi connectivity index (χ3n) is 5.21. The van der Waals surface area contributed by atoms with E-state index < -0.39 is 15.1 Å². The van der Waals surface area contributed by atoms with Gasteiger partial charge in [-0.2, -0.15) is 0 Å². The van der Waals surface area contributed by atoms with Gasteiger partial charge >= 0.3 is 0 Å². The van der Waals surface area contributed by atoms with Gasteiger partial charge < -0.3 is 9.88 Å². The van der Waals surface area contributed by atoms with E-state index in [1.807, 2.05) is 41.9 Å². The van der Waals surface area contributed by atoms with Crippen LogP contribution in [0.5, 0.6) is 0 Å². The number of amides is 1. The summed E-state index contributed by atoms with van der Waals surface area (Å²) < 4.78 is 25.3. The van der Waals surface area contributed by atoms with E-state index in [9.17, 15) is 13.2 Å². The highest BCUT2D eigenvalue weighted by Gasteiger charge is 2.32. The molecule has 0 radical (unpaired) electrons. The van der Waals surface area contributed by atoms with Crippen molar-refractivity contribution in [1.29, 1.82) is 0 Å². The summed E-state index contributed by atoms with van der Waals surface area (Å²) in [5.41, 5.74) is 0.928. The molecule has 9 heteroatoms. The van der Waals surface area contributed by atoms with Gasteiger partial charge in [0.2, 0.25) is 5.91 Å². The molecule has 1 N–H and O–H groups in total. The van der Waals surface area contributed by atoms with Crippen molar-refractivity contribution in [3.63, 3.8) is 0 Å². The Hall–Kier alpha value is -1.87. The number of nitrogens with zero attached hydrogens (tertiary/aromatic N) is 3. The predicted octanol–water partition coefficient (Wildman–Crippen LogP) is 1.90. The minimum Gasteiger partial charge on any atom is -0.352 e. The van der Waals surface area contributed by atoms with E-state index in [-0.39, 0.29) is 23.3 Å². The van der Waals surface area contributed by atoms with Gasteiger partial charge in [-0.15, -0.1) is 10.2 Å². The standard InChI is InChI=1S/C19H24N4O3S2/c1-23-16(11-13-9-10-28(25,26)12-13)21-22-19(23)27-17(14-5-3-2-4-6-14)18(24)20-15-7-8-15/h2-6,13,15,17H,7-12H2,1H3,(H,20,24)/t13-,17+/m1/s1. The zero-order chi connectivity index (χ0) is 19.7. The Morgan fingerprint density at radius 1 is 1.25 bits per heavy atom. The number of hydrogen-bond acceptors (Lipinski definition) is 6. The topological polar surface area (TPSA) is 93.9 Å². The second kappa shape index (κ2) is 7.87. The number of sulfone groups is 1. The van der Waals surface area contributed by atoms with E-state index >= 15 is 0 Å². The van der Waals surface area contributed by atoms with Crippen molar-refractivity contribution in [3.8, 4) is 0 Å². The largest absolute Gasteiger partial charge is 0.352 e. The number of thioether (sulfide) groups is 1. The number of aromatic nitrogens is 3. The fraction of sp³-hybridized carbons (Fsp3) is 0.526. The van der Waals surface area contributed by atoms with E-state index in [0.717, 1.165) is 24.2 Å². The lowest BCUT2D eigenvalue weighted by molar-refractivity contribution is -0.120. The first-order valence-corrected chi connectivity index (χ1v) is 12.2. The van der Waals surface area contributed by atoms with Crippen LogP contribution in [0.2, 0.25) is 0 Å². The first kappa shape index (κ1) is 19.4. The van der Waals surface area contributed by atoms with Gasteiger partial charge in [-0.25, -0.2) is 8.42 Å². The van der Waals surface area contributed by atoms with Crippen molar-refractivity contribution in [1.82, 2.24) is 20.1 Å². The Bertz CT molecular complexity index is 955. The minimum atomic E-state index is -2.91. The fourth-order valence-corrected chi connectivity index (χ4v) is 6.32. The summed E-state index contributed by atoms with van der Waals surface area (Å²) in [6, 6.07) is 9.97. The zero-order valence-electron chi connectivity index (χ0n) is 15.7. The van der Waals surface area contributed by atoms with Crippen LogP contribution in [0.25, 0.3) is 0 Å². The van der Waals surface area contributed by atoms with Crippen LogP contribution in [-0.4, -0.2) is 46.6 Å². The Morgan fingerprint density at radius 2 is 2.00 bits per heavy atom. The summed E-state index contributed by atoms with van der Waals surface area (Å²) in [5, 5.41) is 11.9. The number of nitrogens with one attached hydrogen (secondary N) is 1. The van der Waals surface area contributed by atoms with E-state index in [0.29, 0.717) is 24.0 Å². The van der Waals surface area contributed by atoms with Crippen molar-refractivity contribution in [2.24, 2.45) is 13.0 Å². The molecule has 0 bridgehead atoms. The number of benzene rings is 1. The van der Waals surface area contributed by atoms with Crippen LogP contribution in [0.15, 0.2) is 35.5 Å². The van der Waals surface area contributed by atoms with Crippen molar-refractivity contribution < 1.29 is 13.2 Å². The Morgan fingerprint density at radius 3 is 2.64 bits per heavy atom. The highest BCUT2D eigenvalue weighted by atomic mass is 32.2. The Kier molecular flexibility index (Phi) is 5.46. The third kappa shape index (κ3) is 4.57. The molecule has 28 heavy (non-hydrogen) atoms. The lowest BCUT2D eigenvalue weighted by atomic mass is 10.1. The van der Waals surface area contributed by atoms with Crippen molar-refractivity contribution in [2.45, 2.75) is 42.1 Å². The fourth-order valence-electron chi connectivity index (χ4n) is 3.43.